The monoisotopic (exact) mass is 458 g/mol. The van der Waals surface area contributed by atoms with E-state index in [9.17, 15) is 13.6 Å². The molecule has 2 aromatic carbocycles. The van der Waals surface area contributed by atoms with Crippen molar-refractivity contribution in [1.82, 2.24) is 10.1 Å². The average molecular weight is 459 g/mol. The minimum absolute atomic E-state index is 0.212. The molecule has 0 spiro atoms. The number of para-hydroxylation sites is 1. The molecule has 4 rings (SSSR count). The molecule has 1 amide bonds. The van der Waals surface area contributed by atoms with Crippen LogP contribution < -0.4 is 16.9 Å². The van der Waals surface area contributed by atoms with Gasteiger partial charge in [0.15, 0.2) is 11.0 Å². The fourth-order valence-corrected chi connectivity index (χ4v) is 4.97. The molecule has 0 radical (unpaired) electrons. The second kappa shape index (κ2) is 8.79. The van der Waals surface area contributed by atoms with Crippen LogP contribution in [-0.2, 0) is 4.79 Å². The van der Waals surface area contributed by atoms with Gasteiger partial charge in [-0.2, -0.15) is 0 Å². The Balaban J connectivity index is 1.62. The van der Waals surface area contributed by atoms with Crippen molar-refractivity contribution in [3.8, 4) is 0 Å². The molecule has 10 heteroatoms. The molecule has 3 aromatic rings. The standard InChI is InChI=1S/C22H24F2N6OS/c1-30(26)29-19(25)14-8-6-13(7-9-14)18(15-10-11-22(23,24)12-15)20(31)28-21-27-16-4-2-3-5-17(16)32-21/h2-9,15,18H,10-12,26H2,1H3,(H2,25,29)(H,27,28,31). The van der Waals surface area contributed by atoms with Crippen LogP contribution in [0.2, 0.25) is 0 Å². The Kier molecular flexibility index (Phi) is 6.07. The number of thiazole rings is 1. The van der Waals surface area contributed by atoms with E-state index in [-0.39, 0.29) is 31.0 Å². The summed E-state index contributed by atoms with van der Waals surface area (Å²) in [6.45, 7) is 0. The summed E-state index contributed by atoms with van der Waals surface area (Å²) in [6.07, 6.45) is -0.272. The van der Waals surface area contributed by atoms with E-state index in [4.69, 9.17) is 11.6 Å². The number of anilines is 1. The third-order valence-corrected chi connectivity index (χ3v) is 6.50. The van der Waals surface area contributed by atoms with Crippen LogP contribution in [0.5, 0.6) is 0 Å². The average Bonchev–Trinajstić information content (AvgIpc) is 3.30. The van der Waals surface area contributed by atoms with E-state index in [0.717, 1.165) is 15.3 Å². The number of carbonyl (C=O) groups is 1. The molecule has 1 fully saturated rings. The zero-order chi connectivity index (χ0) is 22.9. The van der Waals surface area contributed by atoms with Crippen LogP contribution in [0, 0.1) is 5.92 Å². The van der Waals surface area contributed by atoms with Crippen molar-refractivity contribution in [1.29, 1.82) is 0 Å². The molecule has 1 saturated carbocycles. The van der Waals surface area contributed by atoms with E-state index in [1.54, 1.807) is 31.3 Å². The highest BCUT2D eigenvalue weighted by atomic mass is 32.1. The number of nitrogens with one attached hydrogen (secondary N) is 1. The van der Waals surface area contributed by atoms with Crippen molar-refractivity contribution in [2.45, 2.75) is 31.1 Å². The van der Waals surface area contributed by atoms with Crippen LogP contribution in [0.1, 0.15) is 36.3 Å². The van der Waals surface area contributed by atoms with Gasteiger partial charge in [-0.3, -0.25) is 4.79 Å². The maximum Gasteiger partial charge on any atom is 0.248 e. The lowest BCUT2D eigenvalue weighted by Gasteiger charge is -2.23. The minimum Gasteiger partial charge on any atom is -0.382 e. The lowest BCUT2D eigenvalue weighted by atomic mass is 9.83. The number of amidine groups is 1. The molecule has 32 heavy (non-hydrogen) atoms. The molecule has 5 N–H and O–H groups in total. The van der Waals surface area contributed by atoms with Crippen LogP contribution in [0.15, 0.2) is 53.6 Å². The van der Waals surface area contributed by atoms with Crippen LogP contribution in [0.3, 0.4) is 0 Å². The van der Waals surface area contributed by atoms with Crippen molar-refractivity contribution in [3.63, 3.8) is 0 Å². The van der Waals surface area contributed by atoms with Gasteiger partial charge in [-0.1, -0.05) is 47.7 Å². The summed E-state index contributed by atoms with van der Waals surface area (Å²) in [5.74, 6) is 1.38. The lowest BCUT2D eigenvalue weighted by molar-refractivity contribution is -0.118. The van der Waals surface area contributed by atoms with Crippen LogP contribution in [0.25, 0.3) is 10.2 Å². The van der Waals surface area contributed by atoms with Crippen LogP contribution in [-0.4, -0.2) is 34.8 Å². The normalized spacial score (nSPS) is 19.1. The number of alkyl halides is 2. The van der Waals surface area contributed by atoms with E-state index in [1.165, 1.54) is 11.3 Å². The van der Waals surface area contributed by atoms with E-state index < -0.39 is 17.8 Å². The first-order valence-electron chi connectivity index (χ1n) is 10.2. The number of hydrazine groups is 1. The maximum absolute atomic E-state index is 14.0. The number of carbonyl (C=O) groups excluding carboxylic acids is 1. The van der Waals surface area contributed by atoms with Crippen molar-refractivity contribution in [2.24, 2.45) is 22.6 Å². The summed E-state index contributed by atoms with van der Waals surface area (Å²) in [5.41, 5.74) is 7.96. The smallest absolute Gasteiger partial charge is 0.248 e. The Morgan fingerprint density at radius 2 is 2.00 bits per heavy atom. The molecule has 1 aliphatic carbocycles. The SMILES string of the molecule is CN(N)/N=C(\N)c1ccc(C(C(=O)Nc2nc3ccccc3s2)C2CCC(F)(F)C2)cc1. The van der Waals surface area contributed by atoms with Crippen molar-refractivity contribution >= 4 is 38.4 Å². The molecule has 0 bridgehead atoms. The quantitative estimate of drug-likeness (QED) is 0.225. The molecule has 7 nitrogen and oxygen atoms in total. The topological polar surface area (TPSA) is 110 Å². The number of rotatable bonds is 6. The zero-order valence-corrected chi connectivity index (χ0v) is 18.3. The summed E-state index contributed by atoms with van der Waals surface area (Å²) < 4.78 is 28.9. The third kappa shape index (κ3) is 4.86. The van der Waals surface area contributed by atoms with Gasteiger partial charge >= 0.3 is 0 Å². The maximum atomic E-state index is 14.0. The second-order valence-electron chi connectivity index (χ2n) is 7.99. The number of nitrogens with two attached hydrogens (primary N) is 2. The summed E-state index contributed by atoms with van der Waals surface area (Å²) in [7, 11) is 1.55. The molecule has 0 aliphatic heterocycles. The second-order valence-corrected chi connectivity index (χ2v) is 9.02. The van der Waals surface area contributed by atoms with Gasteiger partial charge in [-0.25, -0.2) is 24.7 Å². The molecule has 168 valence electrons. The number of halogens is 2. The number of fused-ring (bicyclic) bond motifs is 1. The predicted octanol–water partition coefficient (Wildman–Crippen LogP) is 3.88. The van der Waals surface area contributed by atoms with Crippen molar-refractivity contribution in [2.75, 3.05) is 12.4 Å². The molecule has 2 unspecified atom stereocenters. The Morgan fingerprint density at radius 1 is 1.28 bits per heavy atom. The van der Waals surface area contributed by atoms with Gasteiger partial charge in [0, 0.05) is 25.5 Å². The Bertz CT molecular complexity index is 1110. The van der Waals surface area contributed by atoms with E-state index >= 15 is 0 Å². The van der Waals surface area contributed by atoms with Gasteiger partial charge < -0.3 is 11.1 Å². The highest BCUT2D eigenvalue weighted by Gasteiger charge is 2.45. The Morgan fingerprint density at radius 3 is 2.62 bits per heavy atom. The lowest BCUT2D eigenvalue weighted by Crippen LogP contribution is -2.28. The van der Waals surface area contributed by atoms with Crippen molar-refractivity contribution < 1.29 is 13.6 Å². The van der Waals surface area contributed by atoms with Gasteiger partial charge in [-0.15, -0.1) is 5.10 Å². The molecular formula is C22H24F2N6OS. The number of benzene rings is 2. The van der Waals surface area contributed by atoms with Crippen LogP contribution in [0.4, 0.5) is 13.9 Å². The number of hydrazone groups is 1. The van der Waals surface area contributed by atoms with Gasteiger partial charge in [0.2, 0.25) is 11.8 Å². The summed E-state index contributed by atoms with van der Waals surface area (Å²) in [4.78, 5) is 17.7. The molecule has 1 heterocycles. The molecule has 0 saturated heterocycles. The van der Waals surface area contributed by atoms with E-state index in [0.29, 0.717) is 16.3 Å². The number of amides is 1. The highest BCUT2D eigenvalue weighted by molar-refractivity contribution is 7.22. The van der Waals surface area contributed by atoms with Crippen LogP contribution >= 0.6 is 11.3 Å². The number of hydrogen-bond acceptors (Lipinski definition) is 6. The number of nitrogens with zero attached hydrogens (tertiary/aromatic N) is 3. The Hall–Kier alpha value is -3.11. The fraction of sp³-hybridized carbons (Fsp3) is 0.318. The number of aromatic nitrogens is 1. The highest BCUT2D eigenvalue weighted by Crippen LogP contribution is 2.46. The van der Waals surface area contributed by atoms with Gasteiger partial charge in [-0.05, 0) is 30.0 Å². The van der Waals surface area contributed by atoms with E-state index in [1.807, 2.05) is 24.3 Å². The molecule has 2 atom stereocenters. The summed E-state index contributed by atoms with van der Waals surface area (Å²) >= 11 is 1.35. The first-order chi connectivity index (χ1) is 15.2. The predicted molar refractivity (Wildman–Crippen MR) is 122 cm³/mol. The first-order valence-corrected chi connectivity index (χ1v) is 11.0. The molecular weight excluding hydrogens is 434 g/mol. The third-order valence-electron chi connectivity index (χ3n) is 5.55. The zero-order valence-electron chi connectivity index (χ0n) is 17.5. The van der Waals surface area contributed by atoms with Gasteiger partial charge in [0.25, 0.3) is 0 Å². The molecule has 1 aliphatic rings. The summed E-state index contributed by atoms with van der Waals surface area (Å²) in [5, 5.41) is 8.34. The van der Waals surface area contributed by atoms with Gasteiger partial charge in [0.05, 0.1) is 16.1 Å². The largest absolute Gasteiger partial charge is 0.382 e. The van der Waals surface area contributed by atoms with E-state index in [2.05, 4.69) is 15.4 Å². The minimum atomic E-state index is -2.76. The molecule has 1 aromatic heterocycles. The van der Waals surface area contributed by atoms with Gasteiger partial charge in [0.1, 0.15) is 0 Å². The first kappa shape index (κ1) is 22.1. The van der Waals surface area contributed by atoms with Crippen molar-refractivity contribution in [3.05, 3.63) is 59.7 Å². The Labute approximate surface area is 188 Å². The fourth-order valence-electron chi connectivity index (χ4n) is 4.10. The summed E-state index contributed by atoms with van der Waals surface area (Å²) in [6, 6.07) is 14.4. The number of hydrogen-bond donors (Lipinski definition) is 3.